The van der Waals surface area contributed by atoms with Crippen molar-refractivity contribution in [2.45, 2.75) is 6.92 Å². The maximum atomic E-state index is 12.6. The quantitative estimate of drug-likeness (QED) is 0.719. The summed E-state index contributed by atoms with van der Waals surface area (Å²) in [7, 11) is 0. The number of anilines is 2. The highest BCUT2D eigenvalue weighted by Crippen LogP contribution is 2.32. The standard InChI is InChI=1S/C21H18N2O5/c1-13-4-5-14(11-16(13)23-21(25)18-3-2-8-26-18)20(24)22-15-6-7-17-19(12-15)28-10-9-27-17/h2-8,11-12H,9-10H2,1H3,(H,22,24)(H,23,25). The SMILES string of the molecule is Cc1ccc(C(=O)Nc2ccc3c(c2)OCCO3)cc1NC(=O)c1ccco1. The van der Waals surface area contributed by atoms with Crippen molar-refractivity contribution < 1.29 is 23.5 Å². The summed E-state index contributed by atoms with van der Waals surface area (Å²) < 4.78 is 16.1. The molecule has 0 fully saturated rings. The first-order valence-corrected chi connectivity index (χ1v) is 8.77. The second kappa shape index (κ2) is 7.48. The van der Waals surface area contributed by atoms with E-state index in [0.717, 1.165) is 5.56 Å². The van der Waals surface area contributed by atoms with Crippen molar-refractivity contribution in [3.8, 4) is 11.5 Å². The van der Waals surface area contributed by atoms with E-state index in [0.29, 0.717) is 41.7 Å². The summed E-state index contributed by atoms with van der Waals surface area (Å²) in [4.78, 5) is 24.9. The van der Waals surface area contributed by atoms with Crippen LogP contribution in [0.25, 0.3) is 0 Å². The van der Waals surface area contributed by atoms with E-state index in [4.69, 9.17) is 13.9 Å². The highest BCUT2D eigenvalue weighted by molar-refractivity contribution is 6.07. The fraction of sp³-hybridized carbons (Fsp3) is 0.143. The number of hydrogen-bond acceptors (Lipinski definition) is 5. The lowest BCUT2D eigenvalue weighted by Crippen LogP contribution is -2.17. The number of rotatable bonds is 4. The molecule has 1 aliphatic heterocycles. The van der Waals surface area contributed by atoms with Crippen molar-refractivity contribution in [2.75, 3.05) is 23.8 Å². The van der Waals surface area contributed by atoms with Crippen LogP contribution in [0.4, 0.5) is 11.4 Å². The number of carbonyl (C=O) groups excluding carboxylic acids is 2. The number of hydrogen-bond donors (Lipinski definition) is 2. The van der Waals surface area contributed by atoms with Crippen LogP contribution in [-0.2, 0) is 0 Å². The molecule has 7 nitrogen and oxygen atoms in total. The Morgan fingerprint density at radius 1 is 0.893 bits per heavy atom. The third-order valence-corrected chi connectivity index (χ3v) is 4.29. The molecule has 1 aromatic heterocycles. The van der Waals surface area contributed by atoms with Crippen LogP contribution < -0.4 is 20.1 Å². The molecule has 3 aromatic rings. The Hall–Kier alpha value is -3.74. The normalized spacial score (nSPS) is 12.3. The summed E-state index contributed by atoms with van der Waals surface area (Å²) in [5.74, 6) is 0.773. The van der Waals surface area contributed by atoms with Gasteiger partial charge in [0, 0.05) is 23.0 Å². The predicted molar refractivity (Wildman–Crippen MR) is 103 cm³/mol. The van der Waals surface area contributed by atoms with Crippen molar-refractivity contribution in [3.63, 3.8) is 0 Å². The fourth-order valence-corrected chi connectivity index (χ4v) is 2.81. The summed E-state index contributed by atoms with van der Waals surface area (Å²) in [5, 5.41) is 5.59. The molecule has 0 aliphatic carbocycles. The van der Waals surface area contributed by atoms with Gasteiger partial charge >= 0.3 is 0 Å². The average Bonchev–Trinajstić information content (AvgIpc) is 3.24. The Bertz CT molecular complexity index is 1030. The second-order valence-corrected chi connectivity index (χ2v) is 6.27. The molecular weight excluding hydrogens is 360 g/mol. The maximum absolute atomic E-state index is 12.6. The number of fused-ring (bicyclic) bond motifs is 1. The van der Waals surface area contributed by atoms with Crippen LogP contribution in [0, 0.1) is 6.92 Å². The maximum Gasteiger partial charge on any atom is 0.291 e. The molecule has 4 rings (SSSR count). The lowest BCUT2D eigenvalue weighted by molar-refractivity contribution is 0.0993. The topological polar surface area (TPSA) is 89.8 Å². The smallest absolute Gasteiger partial charge is 0.291 e. The van der Waals surface area contributed by atoms with Gasteiger partial charge in [0.1, 0.15) is 13.2 Å². The van der Waals surface area contributed by atoms with Crippen molar-refractivity contribution >= 4 is 23.2 Å². The van der Waals surface area contributed by atoms with Crippen molar-refractivity contribution in [1.29, 1.82) is 0 Å². The average molecular weight is 378 g/mol. The third kappa shape index (κ3) is 3.68. The molecule has 2 N–H and O–H groups in total. The molecule has 142 valence electrons. The molecule has 2 amide bonds. The van der Waals surface area contributed by atoms with Gasteiger partial charge in [0.25, 0.3) is 11.8 Å². The van der Waals surface area contributed by atoms with E-state index in [1.807, 2.05) is 6.92 Å². The lowest BCUT2D eigenvalue weighted by atomic mass is 10.1. The molecule has 0 saturated heterocycles. The molecule has 2 heterocycles. The number of aryl methyl sites for hydroxylation is 1. The highest BCUT2D eigenvalue weighted by atomic mass is 16.6. The first-order chi connectivity index (χ1) is 13.6. The Morgan fingerprint density at radius 2 is 1.71 bits per heavy atom. The molecule has 1 aliphatic rings. The second-order valence-electron chi connectivity index (χ2n) is 6.27. The zero-order valence-electron chi connectivity index (χ0n) is 15.2. The zero-order valence-corrected chi connectivity index (χ0v) is 15.2. The highest BCUT2D eigenvalue weighted by Gasteiger charge is 2.15. The van der Waals surface area contributed by atoms with Gasteiger partial charge in [-0.1, -0.05) is 6.07 Å². The predicted octanol–water partition coefficient (Wildman–Crippen LogP) is 3.86. The number of benzene rings is 2. The number of furan rings is 1. The Balaban J connectivity index is 1.51. The molecule has 28 heavy (non-hydrogen) atoms. The van der Waals surface area contributed by atoms with E-state index in [1.165, 1.54) is 6.26 Å². The summed E-state index contributed by atoms with van der Waals surface area (Å²) in [6.45, 7) is 2.83. The van der Waals surface area contributed by atoms with Crippen molar-refractivity contribution in [3.05, 3.63) is 71.7 Å². The Kier molecular flexibility index (Phi) is 4.72. The van der Waals surface area contributed by atoms with Gasteiger partial charge < -0.3 is 24.5 Å². The molecule has 0 spiro atoms. The van der Waals surface area contributed by atoms with Crippen LogP contribution in [-0.4, -0.2) is 25.0 Å². The number of amides is 2. The van der Waals surface area contributed by atoms with Gasteiger partial charge in [-0.25, -0.2) is 0 Å². The Labute approximate surface area is 161 Å². The number of carbonyl (C=O) groups is 2. The Morgan fingerprint density at radius 3 is 2.50 bits per heavy atom. The minimum Gasteiger partial charge on any atom is -0.486 e. The molecule has 7 heteroatoms. The van der Waals surface area contributed by atoms with Gasteiger partial charge in [-0.05, 0) is 48.9 Å². The third-order valence-electron chi connectivity index (χ3n) is 4.29. The summed E-state index contributed by atoms with van der Waals surface area (Å²) in [6.07, 6.45) is 1.43. The van der Waals surface area contributed by atoms with Gasteiger partial charge in [0.15, 0.2) is 17.3 Å². The van der Waals surface area contributed by atoms with E-state index < -0.39 is 0 Å². The van der Waals surface area contributed by atoms with Crippen LogP contribution >= 0.6 is 0 Å². The van der Waals surface area contributed by atoms with Crippen LogP contribution in [0.1, 0.15) is 26.5 Å². The summed E-state index contributed by atoms with van der Waals surface area (Å²) in [6, 6.07) is 13.5. The van der Waals surface area contributed by atoms with E-state index in [-0.39, 0.29) is 17.6 Å². The summed E-state index contributed by atoms with van der Waals surface area (Å²) >= 11 is 0. The van der Waals surface area contributed by atoms with Gasteiger partial charge in [0.2, 0.25) is 0 Å². The summed E-state index contributed by atoms with van der Waals surface area (Å²) in [5.41, 5.74) is 2.37. The minimum atomic E-state index is -0.377. The van der Waals surface area contributed by atoms with Crippen LogP contribution in [0.5, 0.6) is 11.5 Å². The van der Waals surface area contributed by atoms with E-state index in [2.05, 4.69) is 10.6 Å². The first kappa shape index (κ1) is 17.7. The molecule has 0 saturated carbocycles. The van der Waals surface area contributed by atoms with E-state index in [9.17, 15) is 9.59 Å². The fourth-order valence-electron chi connectivity index (χ4n) is 2.81. The monoisotopic (exact) mass is 378 g/mol. The van der Waals surface area contributed by atoms with Gasteiger partial charge in [-0.3, -0.25) is 9.59 Å². The van der Waals surface area contributed by atoms with E-state index >= 15 is 0 Å². The number of nitrogens with one attached hydrogen (secondary N) is 2. The van der Waals surface area contributed by atoms with Crippen molar-refractivity contribution in [1.82, 2.24) is 0 Å². The molecule has 0 radical (unpaired) electrons. The molecule has 2 aromatic carbocycles. The van der Waals surface area contributed by atoms with Crippen LogP contribution in [0.3, 0.4) is 0 Å². The van der Waals surface area contributed by atoms with Crippen LogP contribution in [0.15, 0.2) is 59.2 Å². The van der Waals surface area contributed by atoms with Gasteiger partial charge in [-0.2, -0.15) is 0 Å². The molecule has 0 atom stereocenters. The molecule has 0 unspecified atom stereocenters. The lowest BCUT2D eigenvalue weighted by Gasteiger charge is -2.19. The van der Waals surface area contributed by atoms with Crippen molar-refractivity contribution in [2.24, 2.45) is 0 Å². The zero-order chi connectivity index (χ0) is 19.5. The van der Waals surface area contributed by atoms with Crippen LogP contribution in [0.2, 0.25) is 0 Å². The van der Waals surface area contributed by atoms with E-state index in [1.54, 1.807) is 48.5 Å². The number of ether oxygens (including phenoxy) is 2. The minimum absolute atomic E-state index is 0.200. The largest absolute Gasteiger partial charge is 0.486 e. The molecule has 0 bridgehead atoms. The molecular formula is C21H18N2O5. The van der Waals surface area contributed by atoms with Gasteiger partial charge in [-0.15, -0.1) is 0 Å². The first-order valence-electron chi connectivity index (χ1n) is 8.77. The van der Waals surface area contributed by atoms with Gasteiger partial charge in [0.05, 0.1) is 6.26 Å².